The molecule has 11 nitrogen and oxygen atoms in total. The number of ether oxygens (including phenoxy) is 2. The lowest BCUT2D eigenvalue weighted by Crippen LogP contribution is -2.32. The van der Waals surface area contributed by atoms with Gasteiger partial charge < -0.3 is 14.8 Å². The molecule has 0 saturated heterocycles. The first-order chi connectivity index (χ1) is 17.1. The van der Waals surface area contributed by atoms with E-state index in [2.05, 4.69) is 20.0 Å². The molecule has 0 radical (unpaired) electrons. The van der Waals surface area contributed by atoms with Crippen molar-refractivity contribution in [1.29, 1.82) is 0 Å². The number of nitrogens with zero attached hydrogens (tertiary/aromatic N) is 3. The van der Waals surface area contributed by atoms with Gasteiger partial charge in [0, 0.05) is 23.6 Å². The molecule has 4 rings (SSSR count). The Bertz CT molecular complexity index is 1490. The molecule has 0 spiro atoms. The molecule has 1 aliphatic rings. The van der Waals surface area contributed by atoms with Crippen molar-refractivity contribution in [3.05, 3.63) is 71.2 Å². The third kappa shape index (κ3) is 4.81. The van der Waals surface area contributed by atoms with Crippen LogP contribution in [0.4, 0.5) is 17.3 Å². The van der Waals surface area contributed by atoms with Gasteiger partial charge in [-0.1, -0.05) is 11.6 Å². The van der Waals surface area contributed by atoms with E-state index in [0.717, 1.165) is 4.90 Å². The summed E-state index contributed by atoms with van der Waals surface area (Å²) in [6.07, 6.45) is 1.44. The number of nitrogens with one attached hydrogen (secondary N) is 2. The Labute approximate surface area is 211 Å². The Morgan fingerprint density at radius 3 is 2.33 bits per heavy atom. The first-order valence-corrected chi connectivity index (χ1v) is 12.2. The SMILES string of the molecule is COc1ccc(N2C(=O)C(Cl)=C(Nc3ccc(S(=O)(=O)Nc4nccc(C)n4)cc3)C2=O)c(OC)c1. The molecule has 0 fully saturated rings. The van der Waals surface area contributed by atoms with Crippen molar-refractivity contribution in [2.45, 2.75) is 11.8 Å². The molecule has 2 heterocycles. The van der Waals surface area contributed by atoms with Crippen molar-refractivity contribution in [2.24, 2.45) is 0 Å². The summed E-state index contributed by atoms with van der Waals surface area (Å²) < 4.78 is 38.1. The number of anilines is 3. The summed E-state index contributed by atoms with van der Waals surface area (Å²) in [6.45, 7) is 1.71. The van der Waals surface area contributed by atoms with Crippen LogP contribution in [0.25, 0.3) is 0 Å². The number of sulfonamides is 1. The van der Waals surface area contributed by atoms with E-state index in [9.17, 15) is 18.0 Å². The Hall–Kier alpha value is -4.16. The molecule has 2 aromatic carbocycles. The minimum Gasteiger partial charge on any atom is -0.497 e. The number of benzene rings is 2. The van der Waals surface area contributed by atoms with Crippen LogP contribution in [0, 0.1) is 6.92 Å². The Morgan fingerprint density at radius 2 is 1.69 bits per heavy atom. The summed E-state index contributed by atoms with van der Waals surface area (Å²) in [6, 6.07) is 11.7. The van der Waals surface area contributed by atoms with Crippen LogP contribution in [0.3, 0.4) is 0 Å². The molecule has 0 aliphatic carbocycles. The summed E-state index contributed by atoms with van der Waals surface area (Å²) in [5.41, 5.74) is 0.957. The quantitative estimate of drug-likeness (QED) is 0.421. The van der Waals surface area contributed by atoms with Crippen LogP contribution >= 0.6 is 11.6 Å². The summed E-state index contributed by atoms with van der Waals surface area (Å²) in [7, 11) is -1.08. The lowest BCUT2D eigenvalue weighted by Gasteiger charge is -2.18. The number of carbonyl (C=O) groups is 2. The van der Waals surface area contributed by atoms with Crippen molar-refractivity contribution in [1.82, 2.24) is 9.97 Å². The molecule has 13 heteroatoms. The van der Waals surface area contributed by atoms with Gasteiger partial charge in [0.2, 0.25) is 5.95 Å². The minimum absolute atomic E-state index is 0.0572. The Kier molecular flexibility index (Phi) is 6.82. The van der Waals surface area contributed by atoms with Gasteiger partial charge in [-0.15, -0.1) is 0 Å². The minimum atomic E-state index is -3.96. The fourth-order valence-corrected chi connectivity index (χ4v) is 4.50. The van der Waals surface area contributed by atoms with Gasteiger partial charge in [0.15, 0.2) is 0 Å². The summed E-state index contributed by atoms with van der Waals surface area (Å²) in [5.74, 6) is -0.789. The number of carbonyl (C=O) groups excluding carboxylic acids is 2. The fraction of sp³-hybridized carbons (Fsp3) is 0.130. The number of hydrogen-bond acceptors (Lipinski definition) is 9. The Morgan fingerprint density at radius 1 is 0.972 bits per heavy atom. The molecule has 0 atom stereocenters. The molecule has 2 amide bonds. The van der Waals surface area contributed by atoms with E-state index < -0.39 is 21.8 Å². The predicted molar refractivity (Wildman–Crippen MR) is 133 cm³/mol. The average Bonchev–Trinajstić information content (AvgIpc) is 3.06. The highest BCUT2D eigenvalue weighted by Gasteiger charge is 2.40. The number of amides is 2. The molecule has 0 saturated carbocycles. The van der Waals surface area contributed by atoms with E-state index in [4.69, 9.17) is 21.1 Å². The first kappa shape index (κ1) is 24.9. The average molecular weight is 530 g/mol. The van der Waals surface area contributed by atoms with Gasteiger partial charge in [0.25, 0.3) is 21.8 Å². The number of hydrogen-bond donors (Lipinski definition) is 2. The van der Waals surface area contributed by atoms with Crippen LogP contribution in [-0.2, 0) is 19.6 Å². The summed E-state index contributed by atoms with van der Waals surface area (Å²) in [4.78, 5) is 34.7. The van der Waals surface area contributed by atoms with Crippen molar-refractivity contribution < 1.29 is 27.5 Å². The number of methoxy groups -OCH3 is 2. The second kappa shape index (κ2) is 9.84. The Balaban J connectivity index is 1.54. The number of aromatic nitrogens is 2. The largest absolute Gasteiger partial charge is 0.497 e. The van der Waals surface area contributed by atoms with E-state index in [1.165, 1.54) is 56.8 Å². The lowest BCUT2D eigenvalue weighted by atomic mass is 10.2. The number of imide groups is 1. The van der Waals surface area contributed by atoms with Crippen LogP contribution in [0.15, 0.2) is 70.4 Å². The highest BCUT2D eigenvalue weighted by molar-refractivity contribution is 7.92. The zero-order valence-corrected chi connectivity index (χ0v) is 20.8. The van der Waals surface area contributed by atoms with Gasteiger partial charge in [0.1, 0.15) is 22.2 Å². The van der Waals surface area contributed by atoms with E-state index >= 15 is 0 Å². The topological polar surface area (TPSA) is 140 Å². The number of rotatable bonds is 8. The van der Waals surface area contributed by atoms with Crippen molar-refractivity contribution in [3.8, 4) is 11.5 Å². The lowest BCUT2D eigenvalue weighted by molar-refractivity contribution is -0.120. The highest BCUT2D eigenvalue weighted by Crippen LogP contribution is 2.37. The van der Waals surface area contributed by atoms with Crippen molar-refractivity contribution in [3.63, 3.8) is 0 Å². The molecule has 36 heavy (non-hydrogen) atoms. The first-order valence-electron chi connectivity index (χ1n) is 10.3. The summed E-state index contributed by atoms with van der Waals surface area (Å²) in [5, 5.41) is 2.47. The zero-order chi connectivity index (χ0) is 26.0. The molecule has 0 unspecified atom stereocenters. The number of halogens is 1. The molecule has 0 bridgehead atoms. The van der Waals surface area contributed by atoms with Crippen LogP contribution < -0.4 is 24.4 Å². The number of aryl methyl sites for hydroxylation is 1. The molecular formula is C23H20ClN5O6S. The zero-order valence-electron chi connectivity index (χ0n) is 19.3. The van der Waals surface area contributed by atoms with Crippen LogP contribution in [0.1, 0.15) is 5.69 Å². The molecular weight excluding hydrogens is 510 g/mol. The van der Waals surface area contributed by atoms with Gasteiger partial charge in [0.05, 0.1) is 24.8 Å². The van der Waals surface area contributed by atoms with Crippen LogP contribution in [-0.4, -0.2) is 44.4 Å². The maximum Gasteiger partial charge on any atom is 0.283 e. The van der Waals surface area contributed by atoms with Gasteiger partial charge >= 0.3 is 0 Å². The van der Waals surface area contributed by atoms with Gasteiger partial charge in [-0.25, -0.2) is 28.0 Å². The van der Waals surface area contributed by atoms with Gasteiger partial charge in [-0.2, -0.15) is 0 Å². The fourth-order valence-electron chi connectivity index (χ4n) is 3.34. The third-order valence-corrected chi connectivity index (χ3v) is 6.80. The molecule has 1 aromatic heterocycles. The smallest absolute Gasteiger partial charge is 0.283 e. The second-order valence-electron chi connectivity index (χ2n) is 7.45. The molecule has 3 aromatic rings. The van der Waals surface area contributed by atoms with Crippen LogP contribution in [0.2, 0.25) is 0 Å². The molecule has 186 valence electrons. The van der Waals surface area contributed by atoms with E-state index in [-0.39, 0.29) is 33.0 Å². The maximum absolute atomic E-state index is 13.1. The predicted octanol–water partition coefficient (Wildman–Crippen LogP) is 3.04. The third-order valence-electron chi connectivity index (χ3n) is 5.11. The monoisotopic (exact) mass is 529 g/mol. The van der Waals surface area contributed by atoms with E-state index in [1.807, 2.05) is 0 Å². The van der Waals surface area contributed by atoms with Gasteiger partial charge in [-0.3, -0.25) is 9.59 Å². The normalized spacial score (nSPS) is 13.7. The van der Waals surface area contributed by atoms with Crippen molar-refractivity contribution >= 4 is 50.8 Å². The van der Waals surface area contributed by atoms with Crippen LogP contribution in [0.5, 0.6) is 11.5 Å². The van der Waals surface area contributed by atoms with Gasteiger partial charge in [-0.05, 0) is 49.4 Å². The van der Waals surface area contributed by atoms with Crippen molar-refractivity contribution in [2.75, 3.05) is 29.2 Å². The summed E-state index contributed by atoms with van der Waals surface area (Å²) >= 11 is 6.20. The standard InChI is InChI=1S/C23H20ClN5O6S/c1-13-10-11-25-23(26-13)28-36(32,33)16-7-4-14(5-8-16)27-20-19(24)21(30)29(22(20)31)17-9-6-15(34-2)12-18(17)35-3/h4-12,27H,1-3H3,(H,25,26,28). The maximum atomic E-state index is 13.1. The van der Waals surface area contributed by atoms with E-state index in [1.54, 1.807) is 19.1 Å². The molecule has 1 aliphatic heterocycles. The molecule has 2 N–H and O–H groups in total. The highest BCUT2D eigenvalue weighted by atomic mass is 35.5. The van der Waals surface area contributed by atoms with E-state index in [0.29, 0.717) is 17.1 Å². The second-order valence-corrected chi connectivity index (χ2v) is 9.51.